The molecule has 0 radical (unpaired) electrons. The van der Waals surface area contributed by atoms with E-state index in [1.165, 1.54) is 0 Å². The van der Waals surface area contributed by atoms with Crippen molar-refractivity contribution in [2.24, 2.45) is 0 Å². The summed E-state index contributed by atoms with van der Waals surface area (Å²) >= 11 is 0. The van der Waals surface area contributed by atoms with Crippen molar-refractivity contribution in [2.75, 3.05) is 31.2 Å². The SMILES string of the molecule is O=C(O)c1ccccc1OCCCCN(CCOc1ccccc1)c1nc2ccccc2o1. The van der Waals surface area contributed by atoms with Gasteiger partial charge in [0.2, 0.25) is 0 Å². The topological polar surface area (TPSA) is 85.0 Å². The van der Waals surface area contributed by atoms with Crippen molar-refractivity contribution in [1.29, 1.82) is 0 Å². The van der Waals surface area contributed by atoms with Gasteiger partial charge >= 0.3 is 5.97 Å². The summed E-state index contributed by atoms with van der Waals surface area (Å²) in [7, 11) is 0. The van der Waals surface area contributed by atoms with Gasteiger partial charge in [0.25, 0.3) is 6.01 Å². The highest BCUT2D eigenvalue weighted by Crippen LogP contribution is 2.22. The molecular formula is C26H26N2O5. The summed E-state index contributed by atoms with van der Waals surface area (Å²) in [6.07, 6.45) is 1.57. The largest absolute Gasteiger partial charge is 0.493 e. The summed E-state index contributed by atoms with van der Waals surface area (Å²) in [5.74, 6) is 0.212. The Labute approximate surface area is 192 Å². The molecule has 0 aliphatic heterocycles. The molecule has 1 N–H and O–H groups in total. The van der Waals surface area contributed by atoms with E-state index in [1.54, 1.807) is 24.3 Å². The first kappa shape index (κ1) is 22.2. The fraction of sp³-hybridized carbons (Fsp3) is 0.231. The van der Waals surface area contributed by atoms with Crippen LogP contribution < -0.4 is 14.4 Å². The Balaban J connectivity index is 1.33. The highest BCUT2D eigenvalue weighted by Gasteiger charge is 2.15. The number of hydrogen-bond donors (Lipinski definition) is 1. The van der Waals surface area contributed by atoms with Crippen molar-refractivity contribution >= 4 is 23.1 Å². The van der Waals surface area contributed by atoms with Gasteiger partial charge in [-0.25, -0.2) is 4.79 Å². The Morgan fingerprint density at radius 1 is 0.848 bits per heavy atom. The minimum Gasteiger partial charge on any atom is -0.493 e. The van der Waals surface area contributed by atoms with Gasteiger partial charge < -0.3 is 23.9 Å². The summed E-state index contributed by atoms with van der Waals surface area (Å²) in [5, 5.41) is 9.28. The maximum Gasteiger partial charge on any atom is 0.339 e. The minimum absolute atomic E-state index is 0.170. The Bertz CT molecular complexity index is 1140. The van der Waals surface area contributed by atoms with Gasteiger partial charge in [-0.1, -0.05) is 42.5 Å². The van der Waals surface area contributed by atoms with E-state index in [4.69, 9.17) is 13.9 Å². The van der Waals surface area contributed by atoms with Crippen molar-refractivity contribution in [2.45, 2.75) is 12.8 Å². The van der Waals surface area contributed by atoms with E-state index >= 15 is 0 Å². The second-order valence-electron chi connectivity index (χ2n) is 7.47. The molecule has 0 fully saturated rings. The predicted molar refractivity (Wildman–Crippen MR) is 126 cm³/mol. The molecular weight excluding hydrogens is 420 g/mol. The molecule has 0 spiro atoms. The molecule has 1 heterocycles. The number of benzene rings is 3. The van der Waals surface area contributed by atoms with Crippen LogP contribution in [-0.4, -0.2) is 42.4 Å². The van der Waals surface area contributed by atoms with Crippen LogP contribution >= 0.6 is 0 Å². The zero-order valence-corrected chi connectivity index (χ0v) is 18.2. The van der Waals surface area contributed by atoms with E-state index in [-0.39, 0.29) is 5.56 Å². The van der Waals surface area contributed by atoms with Crippen molar-refractivity contribution in [3.63, 3.8) is 0 Å². The van der Waals surface area contributed by atoms with Crippen LogP contribution in [-0.2, 0) is 0 Å². The quantitative estimate of drug-likeness (QED) is 0.297. The predicted octanol–water partition coefficient (Wildman–Crippen LogP) is 5.27. The van der Waals surface area contributed by atoms with Gasteiger partial charge in [-0.3, -0.25) is 0 Å². The fourth-order valence-corrected chi connectivity index (χ4v) is 3.44. The number of para-hydroxylation sites is 4. The molecule has 0 unspecified atom stereocenters. The van der Waals surface area contributed by atoms with E-state index in [2.05, 4.69) is 9.88 Å². The van der Waals surface area contributed by atoms with Crippen LogP contribution in [0.4, 0.5) is 6.01 Å². The molecule has 0 atom stereocenters. The third kappa shape index (κ3) is 6.04. The molecule has 0 aliphatic carbocycles. The number of carbonyl (C=O) groups is 1. The van der Waals surface area contributed by atoms with Crippen LogP contribution in [0.25, 0.3) is 11.1 Å². The van der Waals surface area contributed by atoms with Crippen LogP contribution in [0.15, 0.2) is 83.3 Å². The molecule has 7 nitrogen and oxygen atoms in total. The molecule has 0 bridgehead atoms. The molecule has 0 saturated carbocycles. The Hall–Kier alpha value is -4.00. The van der Waals surface area contributed by atoms with Gasteiger partial charge in [0, 0.05) is 6.54 Å². The van der Waals surface area contributed by atoms with Gasteiger partial charge in [0.15, 0.2) is 5.58 Å². The number of nitrogens with zero attached hydrogens (tertiary/aromatic N) is 2. The van der Waals surface area contributed by atoms with Gasteiger partial charge in [-0.2, -0.15) is 4.98 Å². The summed E-state index contributed by atoms with van der Waals surface area (Å²) in [4.78, 5) is 18.0. The highest BCUT2D eigenvalue weighted by atomic mass is 16.5. The van der Waals surface area contributed by atoms with Gasteiger partial charge in [-0.15, -0.1) is 0 Å². The minimum atomic E-state index is -0.994. The number of carboxylic acids is 1. The Morgan fingerprint density at radius 3 is 2.42 bits per heavy atom. The van der Waals surface area contributed by atoms with Crippen LogP contribution in [0.3, 0.4) is 0 Å². The molecule has 1 aromatic heterocycles. The van der Waals surface area contributed by atoms with Gasteiger partial charge in [-0.05, 0) is 49.2 Å². The molecule has 0 aliphatic rings. The molecule has 33 heavy (non-hydrogen) atoms. The Morgan fingerprint density at radius 2 is 1.61 bits per heavy atom. The van der Waals surface area contributed by atoms with E-state index < -0.39 is 5.97 Å². The third-order valence-electron chi connectivity index (χ3n) is 5.12. The van der Waals surface area contributed by atoms with E-state index in [9.17, 15) is 9.90 Å². The molecule has 4 aromatic rings. The summed E-state index contributed by atoms with van der Waals surface area (Å²) in [5.41, 5.74) is 1.73. The number of unbranched alkanes of at least 4 members (excludes halogenated alkanes) is 1. The van der Waals surface area contributed by atoms with E-state index in [1.807, 2.05) is 54.6 Å². The smallest absolute Gasteiger partial charge is 0.339 e. The number of fused-ring (bicyclic) bond motifs is 1. The number of aromatic carboxylic acids is 1. The number of carboxylic acid groups (broad SMARTS) is 1. The summed E-state index contributed by atoms with van der Waals surface area (Å²) < 4.78 is 17.5. The van der Waals surface area contributed by atoms with Crippen molar-refractivity contribution in [3.05, 3.63) is 84.4 Å². The van der Waals surface area contributed by atoms with Crippen LogP contribution in [0.5, 0.6) is 11.5 Å². The second-order valence-corrected chi connectivity index (χ2v) is 7.47. The highest BCUT2D eigenvalue weighted by molar-refractivity contribution is 5.90. The summed E-state index contributed by atoms with van der Waals surface area (Å²) in [6, 6.07) is 24.6. The maximum atomic E-state index is 11.3. The average Bonchev–Trinajstić information content (AvgIpc) is 3.28. The zero-order valence-electron chi connectivity index (χ0n) is 18.2. The van der Waals surface area contributed by atoms with Crippen molar-refractivity contribution in [3.8, 4) is 11.5 Å². The molecule has 170 valence electrons. The van der Waals surface area contributed by atoms with Gasteiger partial charge in [0.1, 0.15) is 29.2 Å². The molecule has 0 saturated heterocycles. The number of hydrogen-bond acceptors (Lipinski definition) is 6. The first-order valence-electron chi connectivity index (χ1n) is 10.9. The van der Waals surface area contributed by atoms with Crippen LogP contribution in [0.1, 0.15) is 23.2 Å². The number of rotatable bonds is 12. The second kappa shape index (κ2) is 11.0. The van der Waals surface area contributed by atoms with Gasteiger partial charge in [0.05, 0.1) is 13.2 Å². The number of aromatic nitrogens is 1. The first-order valence-corrected chi connectivity index (χ1v) is 10.9. The maximum absolute atomic E-state index is 11.3. The Kier molecular flexibility index (Phi) is 7.43. The lowest BCUT2D eigenvalue weighted by Gasteiger charge is -2.21. The average molecular weight is 447 g/mol. The van der Waals surface area contributed by atoms with E-state index in [0.29, 0.717) is 38.1 Å². The van der Waals surface area contributed by atoms with Crippen molar-refractivity contribution in [1.82, 2.24) is 4.98 Å². The number of ether oxygens (including phenoxy) is 2. The monoisotopic (exact) mass is 446 g/mol. The molecule has 7 heteroatoms. The lowest BCUT2D eigenvalue weighted by atomic mass is 10.2. The van der Waals surface area contributed by atoms with Crippen LogP contribution in [0.2, 0.25) is 0 Å². The van der Waals surface area contributed by atoms with Crippen molar-refractivity contribution < 1.29 is 23.8 Å². The zero-order chi connectivity index (χ0) is 22.9. The number of oxazole rings is 1. The molecule has 0 amide bonds. The standard InChI is InChI=1S/C26H26N2O5/c29-25(30)21-12-4-6-14-23(21)32-18-9-8-16-28(17-19-31-20-10-2-1-3-11-20)26-27-22-13-5-7-15-24(22)33-26/h1-7,10-15H,8-9,16-19H2,(H,29,30). The normalized spacial score (nSPS) is 10.8. The first-order chi connectivity index (χ1) is 16.2. The number of anilines is 1. The third-order valence-corrected chi connectivity index (χ3v) is 5.12. The van der Waals surface area contributed by atoms with Crippen LogP contribution in [0, 0.1) is 0 Å². The fourth-order valence-electron chi connectivity index (χ4n) is 3.44. The lowest BCUT2D eigenvalue weighted by molar-refractivity contribution is 0.0692. The van der Waals surface area contributed by atoms with E-state index in [0.717, 1.165) is 29.7 Å². The molecule has 4 rings (SSSR count). The summed E-state index contributed by atoms with van der Waals surface area (Å²) in [6.45, 7) is 2.23. The molecule has 3 aromatic carbocycles. The lowest BCUT2D eigenvalue weighted by Crippen LogP contribution is -2.30.